The van der Waals surface area contributed by atoms with E-state index in [1.807, 2.05) is 13.0 Å². The molecular formula is C14H18N2O2. The summed E-state index contributed by atoms with van der Waals surface area (Å²) in [5.74, 6) is 6.46. The molecule has 18 heavy (non-hydrogen) atoms. The molecule has 0 saturated heterocycles. The molecule has 0 atom stereocenters. The van der Waals surface area contributed by atoms with Crippen LogP contribution in [0.2, 0.25) is 0 Å². The maximum absolute atomic E-state index is 11.5. The number of hydrogen-bond donors (Lipinski definition) is 2. The Bertz CT molecular complexity index is 472. The van der Waals surface area contributed by atoms with E-state index in [0.717, 1.165) is 12.1 Å². The van der Waals surface area contributed by atoms with E-state index in [1.54, 1.807) is 26.3 Å². The quantitative estimate of drug-likeness (QED) is 0.797. The number of carbonyl (C=O) groups is 1. The summed E-state index contributed by atoms with van der Waals surface area (Å²) in [5.41, 5.74) is 1.40. The van der Waals surface area contributed by atoms with Gasteiger partial charge >= 0.3 is 0 Å². The van der Waals surface area contributed by atoms with Crippen LogP contribution in [0.3, 0.4) is 0 Å². The van der Waals surface area contributed by atoms with E-state index in [4.69, 9.17) is 4.74 Å². The summed E-state index contributed by atoms with van der Waals surface area (Å²) < 4.78 is 5.25. The molecule has 0 radical (unpaired) electrons. The number of ether oxygens (including phenoxy) is 1. The van der Waals surface area contributed by atoms with Gasteiger partial charge in [-0.25, -0.2) is 0 Å². The van der Waals surface area contributed by atoms with Crippen molar-refractivity contribution < 1.29 is 9.53 Å². The highest BCUT2D eigenvalue weighted by molar-refractivity contribution is 5.95. The Kier molecular flexibility index (Phi) is 5.59. The van der Waals surface area contributed by atoms with Gasteiger partial charge in [0.05, 0.1) is 19.3 Å². The molecule has 2 N–H and O–H groups in total. The van der Waals surface area contributed by atoms with Crippen molar-refractivity contribution in [3.05, 3.63) is 23.8 Å². The second-order valence-corrected chi connectivity index (χ2v) is 3.55. The molecule has 1 aromatic carbocycles. The number of methoxy groups -OCH3 is 1. The van der Waals surface area contributed by atoms with Gasteiger partial charge in [0, 0.05) is 19.0 Å². The van der Waals surface area contributed by atoms with Crippen molar-refractivity contribution in [1.82, 2.24) is 5.32 Å². The predicted molar refractivity (Wildman–Crippen MR) is 72.9 cm³/mol. The van der Waals surface area contributed by atoms with Gasteiger partial charge in [0.2, 0.25) is 0 Å². The summed E-state index contributed by atoms with van der Waals surface area (Å²) in [6.07, 6.45) is 0.842. The zero-order valence-electron chi connectivity index (χ0n) is 11.0. The number of rotatable bonds is 4. The molecule has 0 heterocycles. The van der Waals surface area contributed by atoms with Gasteiger partial charge in [-0.1, -0.05) is 12.8 Å². The second-order valence-electron chi connectivity index (χ2n) is 3.55. The Morgan fingerprint density at radius 3 is 2.78 bits per heavy atom. The van der Waals surface area contributed by atoms with E-state index in [1.165, 1.54) is 0 Å². The van der Waals surface area contributed by atoms with Crippen LogP contribution in [0.5, 0.6) is 5.75 Å². The molecule has 4 nitrogen and oxygen atoms in total. The highest BCUT2D eigenvalue weighted by Gasteiger charge is 2.08. The molecule has 0 fully saturated rings. The lowest BCUT2D eigenvalue weighted by atomic mass is 10.1. The number of benzene rings is 1. The van der Waals surface area contributed by atoms with Crippen LogP contribution in [0.25, 0.3) is 0 Å². The third kappa shape index (κ3) is 3.70. The molecule has 4 heteroatoms. The minimum Gasteiger partial charge on any atom is -0.495 e. The van der Waals surface area contributed by atoms with Crippen LogP contribution < -0.4 is 15.4 Å². The number of hydrogen-bond acceptors (Lipinski definition) is 3. The van der Waals surface area contributed by atoms with Crippen molar-refractivity contribution in [2.45, 2.75) is 13.3 Å². The Hall–Kier alpha value is -2.15. The molecule has 0 aromatic heterocycles. The van der Waals surface area contributed by atoms with E-state index in [9.17, 15) is 4.79 Å². The van der Waals surface area contributed by atoms with Crippen molar-refractivity contribution in [1.29, 1.82) is 0 Å². The molecule has 0 unspecified atom stereocenters. The average Bonchev–Trinajstić information content (AvgIpc) is 2.42. The minimum atomic E-state index is -0.134. The van der Waals surface area contributed by atoms with Gasteiger partial charge in [-0.15, -0.1) is 5.92 Å². The molecule has 0 aliphatic heterocycles. The predicted octanol–water partition coefficient (Wildman–Crippen LogP) is 1.88. The van der Waals surface area contributed by atoms with Crippen molar-refractivity contribution in [3.63, 3.8) is 0 Å². The lowest BCUT2D eigenvalue weighted by Gasteiger charge is -2.10. The third-order valence-electron chi connectivity index (χ3n) is 2.36. The number of anilines is 1. The number of carbonyl (C=O) groups excluding carboxylic acids is 1. The van der Waals surface area contributed by atoms with E-state index < -0.39 is 0 Å². The standard InChI is InChI=1S/C14H18N2O2/c1-4-5-6-9-16-12-8-7-11(14(17)15-2)10-13(12)18-3/h7-8,10,16H,4,9H2,1-3H3,(H,15,17). The summed E-state index contributed by atoms with van der Waals surface area (Å²) in [4.78, 5) is 11.5. The average molecular weight is 246 g/mol. The van der Waals surface area contributed by atoms with Crippen LogP contribution in [-0.4, -0.2) is 26.6 Å². The van der Waals surface area contributed by atoms with E-state index in [2.05, 4.69) is 22.5 Å². The van der Waals surface area contributed by atoms with E-state index in [-0.39, 0.29) is 5.91 Å². The minimum absolute atomic E-state index is 0.134. The largest absolute Gasteiger partial charge is 0.495 e. The molecule has 96 valence electrons. The lowest BCUT2D eigenvalue weighted by Crippen LogP contribution is -2.17. The van der Waals surface area contributed by atoms with E-state index in [0.29, 0.717) is 17.9 Å². The van der Waals surface area contributed by atoms with Crippen LogP contribution in [0.4, 0.5) is 5.69 Å². The van der Waals surface area contributed by atoms with Crippen LogP contribution in [0, 0.1) is 11.8 Å². The highest BCUT2D eigenvalue weighted by atomic mass is 16.5. The van der Waals surface area contributed by atoms with Gasteiger partial charge in [0.15, 0.2) is 0 Å². The molecule has 1 amide bonds. The number of amides is 1. The Balaban J connectivity index is 2.83. The van der Waals surface area contributed by atoms with Crippen molar-refractivity contribution >= 4 is 11.6 Å². The van der Waals surface area contributed by atoms with Crippen LogP contribution in [0.15, 0.2) is 18.2 Å². The van der Waals surface area contributed by atoms with Gasteiger partial charge in [0.25, 0.3) is 5.91 Å². The zero-order valence-corrected chi connectivity index (χ0v) is 11.0. The Labute approximate surface area is 108 Å². The molecule has 0 bridgehead atoms. The van der Waals surface area contributed by atoms with Gasteiger partial charge in [-0.2, -0.15) is 0 Å². The topological polar surface area (TPSA) is 50.4 Å². The summed E-state index contributed by atoms with van der Waals surface area (Å²) >= 11 is 0. The highest BCUT2D eigenvalue weighted by Crippen LogP contribution is 2.25. The second kappa shape index (κ2) is 7.23. The fraction of sp³-hybridized carbons (Fsp3) is 0.357. The SMILES string of the molecule is CCC#CCNc1ccc(C(=O)NC)cc1OC. The summed E-state index contributed by atoms with van der Waals surface area (Å²) in [5, 5.41) is 5.73. The molecule has 0 spiro atoms. The summed E-state index contributed by atoms with van der Waals surface area (Å²) in [6, 6.07) is 5.27. The maximum Gasteiger partial charge on any atom is 0.251 e. The molecular weight excluding hydrogens is 228 g/mol. The Morgan fingerprint density at radius 2 is 2.17 bits per heavy atom. The Morgan fingerprint density at radius 1 is 1.39 bits per heavy atom. The molecule has 0 saturated carbocycles. The first-order valence-electron chi connectivity index (χ1n) is 5.82. The fourth-order valence-corrected chi connectivity index (χ4v) is 1.45. The van der Waals surface area contributed by atoms with Crippen LogP contribution >= 0.6 is 0 Å². The smallest absolute Gasteiger partial charge is 0.251 e. The van der Waals surface area contributed by atoms with E-state index >= 15 is 0 Å². The number of nitrogens with one attached hydrogen (secondary N) is 2. The molecule has 1 aromatic rings. The van der Waals surface area contributed by atoms with Crippen molar-refractivity contribution in [3.8, 4) is 17.6 Å². The monoisotopic (exact) mass is 246 g/mol. The van der Waals surface area contributed by atoms with Gasteiger partial charge < -0.3 is 15.4 Å². The van der Waals surface area contributed by atoms with Crippen molar-refractivity contribution in [2.75, 3.05) is 26.0 Å². The first-order valence-corrected chi connectivity index (χ1v) is 5.82. The van der Waals surface area contributed by atoms with Crippen LogP contribution in [-0.2, 0) is 0 Å². The zero-order chi connectivity index (χ0) is 13.4. The fourth-order valence-electron chi connectivity index (χ4n) is 1.45. The molecule has 0 aliphatic carbocycles. The lowest BCUT2D eigenvalue weighted by molar-refractivity contribution is 0.0963. The van der Waals surface area contributed by atoms with Crippen LogP contribution in [0.1, 0.15) is 23.7 Å². The van der Waals surface area contributed by atoms with Gasteiger partial charge in [0.1, 0.15) is 5.75 Å². The summed E-state index contributed by atoms with van der Waals surface area (Å²) in [6.45, 7) is 2.56. The third-order valence-corrected chi connectivity index (χ3v) is 2.36. The first kappa shape index (κ1) is 13.9. The maximum atomic E-state index is 11.5. The van der Waals surface area contributed by atoms with Gasteiger partial charge in [-0.05, 0) is 18.2 Å². The van der Waals surface area contributed by atoms with Crippen molar-refractivity contribution in [2.24, 2.45) is 0 Å². The normalized spacial score (nSPS) is 9.06. The first-order chi connectivity index (χ1) is 8.72. The summed E-state index contributed by atoms with van der Waals surface area (Å²) in [7, 11) is 3.17. The van der Waals surface area contributed by atoms with Gasteiger partial charge in [-0.3, -0.25) is 4.79 Å². The molecule has 0 aliphatic rings. The molecule has 1 rings (SSSR count).